The molecule has 0 unspecified atom stereocenters. The van der Waals surface area contributed by atoms with E-state index in [4.69, 9.17) is 9.47 Å². The highest BCUT2D eigenvalue weighted by atomic mass is 16.6. The fraction of sp³-hybridized carbons (Fsp3) is 0.267. The largest absolute Gasteiger partial charge is 0.496 e. The van der Waals surface area contributed by atoms with Crippen LogP contribution in [0.4, 0.5) is 0 Å². The molecule has 2 aliphatic rings. The lowest BCUT2D eigenvalue weighted by Crippen LogP contribution is -2.31. The highest BCUT2D eigenvalue weighted by Crippen LogP contribution is 2.33. The highest BCUT2D eigenvalue weighted by Gasteiger charge is 2.41. The second-order valence-corrected chi connectivity index (χ2v) is 4.86. The summed E-state index contributed by atoms with van der Waals surface area (Å²) in [5, 5.41) is 9.79. The molecule has 3 rings (SSSR count). The van der Waals surface area contributed by atoms with Gasteiger partial charge in [0.1, 0.15) is 11.9 Å². The second kappa shape index (κ2) is 4.82. The van der Waals surface area contributed by atoms with Crippen LogP contribution in [-0.2, 0) is 9.53 Å². The maximum absolute atomic E-state index is 12.5. The van der Waals surface area contributed by atoms with E-state index in [1.54, 1.807) is 12.1 Å². The quantitative estimate of drug-likeness (QED) is 0.805. The van der Waals surface area contributed by atoms with Crippen LogP contribution in [0.25, 0.3) is 0 Å². The van der Waals surface area contributed by atoms with Crippen LogP contribution in [0, 0.1) is 0 Å². The number of hydrogen-bond acceptors (Lipinski definition) is 6. The predicted octanol–water partition coefficient (Wildman–Crippen LogP) is 0.677. The van der Waals surface area contributed by atoms with Crippen molar-refractivity contribution in [2.75, 3.05) is 7.11 Å². The van der Waals surface area contributed by atoms with E-state index in [9.17, 15) is 19.5 Å². The first-order chi connectivity index (χ1) is 10.0. The molecule has 0 radical (unpaired) electrons. The number of hydrogen-bond donors (Lipinski definition) is 1. The van der Waals surface area contributed by atoms with Gasteiger partial charge in [-0.2, -0.15) is 0 Å². The SMILES string of the molecule is COc1cccc2c1C(=O)C=C([C@H]1OC(=O)C[C@H]1O)C2=O. The van der Waals surface area contributed by atoms with E-state index in [0.29, 0.717) is 5.75 Å². The van der Waals surface area contributed by atoms with Gasteiger partial charge in [-0.05, 0) is 12.1 Å². The number of carbonyl (C=O) groups is 3. The molecule has 108 valence electrons. The lowest BCUT2D eigenvalue weighted by atomic mass is 9.85. The zero-order valence-corrected chi connectivity index (χ0v) is 11.2. The minimum atomic E-state index is -1.12. The van der Waals surface area contributed by atoms with Crippen LogP contribution in [0.2, 0.25) is 0 Å². The van der Waals surface area contributed by atoms with Crippen LogP contribution in [-0.4, -0.2) is 42.0 Å². The molecule has 1 aromatic rings. The van der Waals surface area contributed by atoms with Gasteiger partial charge in [0.05, 0.1) is 19.1 Å². The zero-order chi connectivity index (χ0) is 15.1. The Morgan fingerprint density at radius 2 is 2.05 bits per heavy atom. The molecule has 0 bridgehead atoms. The van der Waals surface area contributed by atoms with Gasteiger partial charge < -0.3 is 14.6 Å². The molecular weight excluding hydrogens is 276 g/mol. The van der Waals surface area contributed by atoms with Gasteiger partial charge in [0, 0.05) is 11.1 Å². The summed E-state index contributed by atoms with van der Waals surface area (Å²) in [5.41, 5.74) is 0.374. The van der Waals surface area contributed by atoms with Crippen LogP contribution in [0.3, 0.4) is 0 Å². The Morgan fingerprint density at radius 1 is 1.29 bits per heavy atom. The van der Waals surface area contributed by atoms with Crippen LogP contribution >= 0.6 is 0 Å². The van der Waals surface area contributed by atoms with Crippen molar-refractivity contribution in [1.29, 1.82) is 0 Å². The highest BCUT2D eigenvalue weighted by molar-refractivity contribution is 6.26. The number of aliphatic hydroxyl groups is 1. The monoisotopic (exact) mass is 288 g/mol. The van der Waals surface area contributed by atoms with Crippen LogP contribution in [0.1, 0.15) is 27.1 Å². The van der Waals surface area contributed by atoms with Crippen LogP contribution in [0.5, 0.6) is 5.75 Å². The van der Waals surface area contributed by atoms with E-state index in [1.807, 2.05) is 0 Å². The summed E-state index contributed by atoms with van der Waals surface area (Å²) in [6, 6.07) is 4.70. The van der Waals surface area contributed by atoms with Crippen molar-refractivity contribution in [1.82, 2.24) is 0 Å². The molecule has 6 heteroatoms. The van der Waals surface area contributed by atoms with Gasteiger partial charge in [0.2, 0.25) is 0 Å². The van der Waals surface area contributed by atoms with E-state index in [2.05, 4.69) is 0 Å². The Kier molecular flexibility index (Phi) is 3.10. The van der Waals surface area contributed by atoms with Crippen molar-refractivity contribution in [3.8, 4) is 5.75 Å². The fourth-order valence-corrected chi connectivity index (χ4v) is 2.61. The molecule has 1 heterocycles. The molecule has 1 fully saturated rings. The summed E-state index contributed by atoms with van der Waals surface area (Å²) in [5.74, 6) is -1.13. The maximum atomic E-state index is 12.5. The van der Waals surface area contributed by atoms with Crippen molar-refractivity contribution in [3.05, 3.63) is 41.0 Å². The molecule has 0 spiro atoms. The summed E-state index contributed by atoms with van der Waals surface area (Å²) in [6.45, 7) is 0. The number of esters is 1. The van der Waals surface area contributed by atoms with Gasteiger partial charge in [-0.25, -0.2) is 0 Å². The third kappa shape index (κ3) is 2.04. The minimum absolute atomic E-state index is 0.000830. The van der Waals surface area contributed by atoms with Gasteiger partial charge in [0.25, 0.3) is 0 Å². The molecular formula is C15H12O6. The average molecular weight is 288 g/mol. The van der Waals surface area contributed by atoms with E-state index in [1.165, 1.54) is 13.2 Å². The minimum Gasteiger partial charge on any atom is -0.496 e. The number of methoxy groups -OCH3 is 1. The molecule has 1 N–H and O–H groups in total. The Morgan fingerprint density at radius 3 is 2.67 bits per heavy atom. The normalized spacial score (nSPS) is 24.5. The molecule has 2 atom stereocenters. The fourth-order valence-electron chi connectivity index (χ4n) is 2.61. The van der Waals surface area contributed by atoms with E-state index < -0.39 is 29.7 Å². The first-order valence-corrected chi connectivity index (χ1v) is 6.38. The van der Waals surface area contributed by atoms with Gasteiger partial charge in [-0.15, -0.1) is 0 Å². The summed E-state index contributed by atoms with van der Waals surface area (Å²) in [7, 11) is 1.41. The predicted molar refractivity (Wildman–Crippen MR) is 70.2 cm³/mol. The van der Waals surface area contributed by atoms with Gasteiger partial charge >= 0.3 is 5.97 Å². The van der Waals surface area contributed by atoms with Crippen molar-refractivity contribution < 1.29 is 29.0 Å². The molecule has 6 nitrogen and oxygen atoms in total. The number of ketones is 2. The number of allylic oxidation sites excluding steroid dienone is 1. The first-order valence-electron chi connectivity index (χ1n) is 6.38. The van der Waals surface area contributed by atoms with Crippen molar-refractivity contribution in [3.63, 3.8) is 0 Å². The van der Waals surface area contributed by atoms with Crippen molar-refractivity contribution in [2.45, 2.75) is 18.6 Å². The standard InChI is InChI=1S/C15H12O6/c1-20-11-4-2-3-7-13(11)9(16)5-8(14(7)19)15-10(17)6-12(18)21-15/h2-5,10,15,17H,6H2,1H3/t10-,15-/m1/s1. The van der Waals surface area contributed by atoms with Gasteiger partial charge in [-0.3, -0.25) is 14.4 Å². The molecule has 1 aliphatic carbocycles. The smallest absolute Gasteiger partial charge is 0.309 e. The third-order valence-corrected chi connectivity index (χ3v) is 3.58. The second-order valence-electron chi connectivity index (χ2n) is 4.86. The Labute approximate surface area is 120 Å². The summed E-state index contributed by atoms with van der Waals surface area (Å²) in [4.78, 5) is 35.9. The number of aliphatic hydroxyl groups excluding tert-OH is 1. The topological polar surface area (TPSA) is 89.9 Å². The van der Waals surface area contributed by atoms with E-state index in [-0.39, 0.29) is 23.1 Å². The number of carbonyl (C=O) groups excluding carboxylic acids is 3. The lowest BCUT2D eigenvalue weighted by Gasteiger charge is -2.21. The maximum Gasteiger partial charge on any atom is 0.309 e. The Balaban J connectivity index is 2.07. The number of fused-ring (bicyclic) bond motifs is 1. The van der Waals surface area contributed by atoms with E-state index in [0.717, 1.165) is 6.08 Å². The molecule has 21 heavy (non-hydrogen) atoms. The van der Waals surface area contributed by atoms with Gasteiger partial charge in [0.15, 0.2) is 17.7 Å². The molecule has 1 saturated heterocycles. The third-order valence-electron chi connectivity index (χ3n) is 3.58. The first kappa shape index (κ1) is 13.5. The van der Waals surface area contributed by atoms with Crippen LogP contribution < -0.4 is 4.74 Å². The van der Waals surface area contributed by atoms with E-state index >= 15 is 0 Å². The van der Waals surface area contributed by atoms with Gasteiger partial charge in [-0.1, -0.05) is 12.1 Å². The molecule has 0 aromatic heterocycles. The molecule has 1 aliphatic heterocycles. The molecule has 0 amide bonds. The summed E-state index contributed by atoms with van der Waals surface area (Å²) >= 11 is 0. The number of rotatable bonds is 2. The molecule has 0 saturated carbocycles. The lowest BCUT2D eigenvalue weighted by molar-refractivity contribution is -0.140. The number of Topliss-reactive ketones (excluding diaryl/α,β-unsaturated/α-hetero) is 1. The summed E-state index contributed by atoms with van der Waals surface area (Å²) < 4.78 is 10.0. The molecule has 1 aromatic carbocycles. The number of cyclic esters (lactones) is 1. The number of ether oxygens (including phenoxy) is 2. The Hall–Kier alpha value is -2.47. The van der Waals surface area contributed by atoms with Crippen molar-refractivity contribution in [2.24, 2.45) is 0 Å². The van der Waals surface area contributed by atoms with Crippen molar-refractivity contribution >= 4 is 17.5 Å². The number of benzene rings is 1. The summed E-state index contributed by atoms with van der Waals surface area (Å²) in [6.07, 6.45) is -1.28. The Bertz CT molecular complexity index is 687. The zero-order valence-electron chi connectivity index (χ0n) is 11.2. The van der Waals surface area contributed by atoms with Crippen LogP contribution in [0.15, 0.2) is 29.8 Å². The average Bonchev–Trinajstić information content (AvgIpc) is 2.80.